The van der Waals surface area contributed by atoms with Gasteiger partial charge in [0.05, 0.1) is 25.5 Å². The summed E-state index contributed by atoms with van der Waals surface area (Å²) in [6.45, 7) is 4.34. The van der Waals surface area contributed by atoms with Crippen molar-refractivity contribution >= 4 is 31.2 Å². The van der Waals surface area contributed by atoms with E-state index in [1.807, 2.05) is 6.92 Å². The van der Waals surface area contributed by atoms with E-state index in [2.05, 4.69) is 15.8 Å². The fraction of sp³-hybridized carbons (Fsp3) is 0.833. The number of nitrogens with zero attached hydrogens (tertiary/aromatic N) is 1. The molecule has 1 atom stereocenters. The summed E-state index contributed by atoms with van der Waals surface area (Å²) in [4.78, 5) is 9.04. The maximum Gasteiger partial charge on any atom is 0.0825 e. The van der Waals surface area contributed by atoms with Gasteiger partial charge in [-0.1, -0.05) is 0 Å². The lowest BCUT2D eigenvalue weighted by Gasteiger charge is -2.18. The summed E-state index contributed by atoms with van der Waals surface area (Å²) < 4.78 is 0. The van der Waals surface area contributed by atoms with Crippen LogP contribution in [0, 0.1) is 0 Å². The Bertz CT molecular complexity index is 123. The van der Waals surface area contributed by atoms with Crippen LogP contribution in [0.15, 0.2) is 4.99 Å². The van der Waals surface area contributed by atoms with E-state index in [4.69, 9.17) is 4.84 Å². The van der Waals surface area contributed by atoms with Crippen LogP contribution >= 0.6 is 24.8 Å². The fourth-order valence-electron chi connectivity index (χ4n) is 0.784. The predicted octanol–water partition coefficient (Wildman–Crippen LogP) is 0.371. The van der Waals surface area contributed by atoms with Gasteiger partial charge >= 0.3 is 0 Å². The van der Waals surface area contributed by atoms with Gasteiger partial charge in [-0.15, -0.1) is 24.8 Å². The van der Waals surface area contributed by atoms with Gasteiger partial charge in [-0.3, -0.25) is 4.99 Å². The van der Waals surface area contributed by atoms with Gasteiger partial charge in [-0.05, 0) is 6.92 Å². The predicted molar refractivity (Wildman–Crippen MR) is 54.4 cm³/mol. The van der Waals surface area contributed by atoms with Crippen molar-refractivity contribution in [3.63, 3.8) is 0 Å². The average molecular weight is 216 g/mol. The lowest BCUT2D eigenvalue weighted by Crippen LogP contribution is -2.43. The van der Waals surface area contributed by atoms with Crippen LogP contribution in [0.1, 0.15) is 6.92 Å². The van der Waals surface area contributed by atoms with E-state index < -0.39 is 0 Å². The van der Waals surface area contributed by atoms with Gasteiger partial charge in [0.1, 0.15) is 0 Å². The Balaban J connectivity index is 0. The lowest BCUT2D eigenvalue weighted by molar-refractivity contribution is 0.0271. The molecule has 0 bridgehead atoms. The summed E-state index contributed by atoms with van der Waals surface area (Å²) in [5.74, 6) is 0. The Morgan fingerprint density at radius 2 is 2.42 bits per heavy atom. The molecule has 6 heteroatoms. The number of halogens is 2. The van der Waals surface area contributed by atoms with Gasteiger partial charge in [-0.25, -0.2) is 0 Å². The highest BCUT2D eigenvalue weighted by molar-refractivity contribution is 5.85. The van der Waals surface area contributed by atoms with Gasteiger partial charge in [0, 0.05) is 6.54 Å². The van der Waals surface area contributed by atoms with E-state index in [0.717, 1.165) is 13.1 Å². The Hall–Kier alpha value is -0.0300. The molecule has 1 aliphatic heterocycles. The second-order valence-corrected chi connectivity index (χ2v) is 2.15. The molecule has 0 fully saturated rings. The van der Waals surface area contributed by atoms with Crippen molar-refractivity contribution in [3.8, 4) is 0 Å². The Kier molecular flexibility index (Phi) is 10.9. The van der Waals surface area contributed by atoms with Crippen LogP contribution in [0.2, 0.25) is 0 Å². The minimum absolute atomic E-state index is 0. The minimum Gasteiger partial charge on any atom is -0.375 e. The smallest absolute Gasteiger partial charge is 0.0825 e. The van der Waals surface area contributed by atoms with Crippen LogP contribution in [0.5, 0.6) is 0 Å². The first-order chi connectivity index (χ1) is 4.93. The van der Waals surface area contributed by atoms with Crippen molar-refractivity contribution < 1.29 is 4.84 Å². The first-order valence-corrected chi connectivity index (χ1v) is 3.52. The summed E-state index contributed by atoms with van der Waals surface area (Å²) in [7, 11) is 0. The highest BCUT2D eigenvalue weighted by Gasteiger charge is 2.08. The Morgan fingerprint density at radius 3 is 2.92 bits per heavy atom. The minimum atomic E-state index is 0. The summed E-state index contributed by atoms with van der Waals surface area (Å²) in [5.41, 5.74) is 2.90. The third-order valence-corrected chi connectivity index (χ3v) is 1.27. The number of hydrogen-bond acceptors (Lipinski definition) is 4. The molecule has 2 N–H and O–H groups in total. The zero-order valence-electron chi connectivity index (χ0n) is 6.95. The quantitative estimate of drug-likeness (QED) is 0.670. The standard InChI is InChI=1S/C6H13N3O.2ClH/c1-2-10-9-6-3-7-5-8-4-6;;/h5-6,9H,2-4H2,1H3,(H,7,8);2*1H. The monoisotopic (exact) mass is 215 g/mol. The van der Waals surface area contributed by atoms with Crippen LogP contribution in [0.3, 0.4) is 0 Å². The number of rotatable bonds is 3. The van der Waals surface area contributed by atoms with E-state index >= 15 is 0 Å². The van der Waals surface area contributed by atoms with Crippen molar-refractivity contribution in [1.29, 1.82) is 0 Å². The molecule has 1 heterocycles. The van der Waals surface area contributed by atoms with Crippen molar-refractivity contribution in [3.05, 3.63) is 0 Å². The highest BCUT2D eigenvalue weighted by atomic mass is 35.5. The summed E-state index contributed by atoms with van der Waals surface area (Å²) in [5, 5.41) is 3.01. The van der Waals surface area contributed by atoms with E-state index in [1.165, 1.54) is 0 Å². The number of aliphatic imine (C=N–C) groups is 1. The molecule has 0 aromatic carbocycles. The van der Waals surface area contributed by atoms with Crippen LogP contribution in [0.25, 0.3) is 0 Å². The van der Waals surface area contributed by atoms with E-state index in [0.29, 0.717) is 12.6 Å². The SMILES string of the molecule is CCONC1CN=CNC1.Cl.Cl. The summed E-state index contributed by atoms with van der Waals surface area (Å²) >= 11 is 0. The molecule has 0 aromatic heterocycles. The first-order valence-electron chi connectivity index (χ1n) is 3.52. The van der Waals surface area contributed by atoms with Crippen LogP contribution in [-0.4, -0.2) is 32.1 Å². The Labute approximate surface area is 84.9 Å². The summed E-state index contributed by atoms with van der Waals surface area (Å²) in [6.07, 6.45) is 1.73. The first kappa shape index (κ1) is 14.5. The molecule has 0 spiro atoms. The third-order valence-electron chi connectivity index (χ3n) is 1.27. The van der Waals surface area contributed by atoms with Gasteiger partial charge in [0.2, 0.25) is 0 Å². The second kappa shape index (κ2) is 9.06. The van der Waals surface area contributed by atoms with Crippen molar-refractivity contribution in [1.82, 2.24) is 10.8 Å². The normalized spacial score (nSPS) is 20.2. The summed E-state index contributed by atoms with van der Waals surface area (Å²) in [6, 6.07) is 0.324. The second-order valence-electron chi connectivity index (χ2n) is 2.15. The molecule has 12 heavy (non-hydrogen) atoms. The van der Waals surface area contributed by atoms with Gasteiger partial charge in [-0.2, -0.15) is 5.48 Å². The molecule has 0 amide bonds. The zero-order chi connectivity index (χ0) is 7.23. The molecule has 1 unspecified atom stereocenters. The van der Waals surface area contributed by atoms with E-state index in [9.17, 15) is 0 Å². The number of hydrogen-bond donors (Lipinski definition) is 2. The molecule has 0 saturated carbocycles. The molecule has 0 aromatic rings. The molecule has 0 radical (unpaired) electrons. The van der Waals surface area contributed by atoms with E-state index in [-0.39, 0.29) is 24.8 Å². The molecular formula is C6H15Cl2N3O. The van der Waals surface area contributed by atoms with Crippen molar-refractivity contribution in [2.24, 2.45) is 4.99 Å². The number of hydroxylamine groups is 1. The third kappa shape index (κ3) is 5.60. The van der Waals surface area contributed by atoms with Crippen LogP contribution in [-0.2, 0) is 4.84 Å². The maximum absolute atomic E-state index is 5.01. The topological polar surface area (TPSA) is 45.6 Å². The van der Waals surface area contributed by atoms with Gasteiger partial charge in [0.15, 0.2) is 0 Å². The zero-order valence-corrected chi connectivity index (χ0v) is 8.58. The molecule has 0 aliphatic carbocycles. The van der Waals surface area contributed by atoms with Gasteiger partial charge < -0.3 is 10.2 Å². The molecule has 4 nitrogen and oxygen atoms in total. The lowest BCUT2D eigenvalue weighted by atomic mass is 10.3. The fourth-order valence-corrected chi connectivity index (χ4v) is 0.784. The van der Waals surface area contributed by atoms with Crippen molar-refractivity contribution in [2.45, 2.75) is 13.0 Å². The van der Waals surface area contributed by atoms with Crippen LogP contribution in [0.4, 0.5) is 0 Å². The molecule has 1 rings (SSSR count). The highest BCUT2D eigenvalue weighted by Crippen LogP contribution is 1.86. The number of nitrogens with one attached hydrogen (secondary N) is 2. The van der Waals surface area contributed by atoms with Gasteiger partial charge in [0.25, 0.3) is 0 Å². The Morgan fingerprint density at radius 1 is 1.67 bits per heavy atom. The van der Waals surface area contributed by atoms with E-state index in [1.54, 1.807) is 6.34 Å². The largest absolute Gasteiger partial charge is 0.375 e. The van der Waals surface area contributed by atoms with Crippen LogP contribution < -0.4 is 10.8 Å². The molecule has 74 valence electrons. The average Bonchev–Trinajstić information content (AvgIpc) is 2.03. The molecule has 0 saturated heterocycles. The van der Waals surface area contributed by atoms with Crippen molar-refractivity contribution in [2.75, 3.05) is 19.7 Å². The maximum atomic E-state index is 5.01. The molecule has 1 aliphatic rings. The molecular weight excluding hydrogens is 201 g/mol.